The van der Waals surface area contributed by atoms with Gasteiger partial charge in [-0.15, -0.1) is 11.3 Å². The van der Waals surface area contributed by atoms with Gasteiger partial charge in [-0.25, -0.2) is 4.79 Å². The number of ether oxygens (including phenoxy) is 1. The van der Waals surface area contributed by atoms with E-state index in [1.807, 2.05) is 60.0 Å². The van der Waals surface area contributed by atoms with Gasteiger partial charge in [0.2, 0.25) is 0 Å². The first-order chi connectivity index (χ1) is 15.6. The Morgan fingerprint density at radius 1 is 0.938 bits per heavy atom. The van der Waals surface area contributed by atoms with Gasteiger partial charge in [-0.2, -0.15) is 0 Å². The van der Waals surface area contributed by atoms with Gasteiger partial charge >= 0.3 is 5.97 Å². The minimum atomic E-state index is -0.992. The van der Waals surface area contributed by atoms with Crippen molar-refractivity contribution in [3.63, 3.8) is 0 Å². The molecule has 0 aliphatic carbocycles. The lowest BCUT2D eigenvalue weighted by Crippen LogP contribution is -2.26. The molecule has 0 spiro atoms. The summed E-state index contributed by atoms with van der Waals surface area (Å²) in [5, 5.41) is 16.0. The highest BCUT2D eigenvalue weighted by Gasteiger charge is 2.13. The predicted molar refractivity (Wildman–Crippen MR) is 127 cm³/mol. The number of nitrogens with one attached hydrogen (secondary N) is 1. The number of rotatable bonds is 8. The first kappa shape index (κ1) is 21.3. The van der Waals surface area contributed by atoms with Gasteiger partial charge in [0.05, 0.1) is 17.7 Å². The van der Waals surface area contributed by atoms with Crippen LogP contribution in [0.15, 0.2) is 89.8 Å². The van der Waals surface area contributed by atoms with Gasteiger partial charge in [-0.1, -0.05) is 54.6 Å². The number of benzene rings is 3. The molecule has 5 nitrogen and oxygen atoms in total. The van der Waals surface area contributed by atoms with E-state index in [0.29, 0.717) is 17.9 Å². The molecule has 2 N–H and O–H groups in total. The van der Waals surface area contributed by atoms with Crippen molar-refractivity contribution in [2.24, 2.45) is 0 Å². The van der Waals surface area contributed by atoms with Gasteiger partial charge in [0, 0.05) is 10.3 Å². The standard InChI is InChI=1S/C26H21NO4S/c28-25(27-16-22-7-4-14-32-22)21(15-18-10-12-20(13-11-18)26(29)30)17-31-24-9-3-6-19-5-1-2-8-23(19)24/h1-15H,16-17H2,(H,27,28)(H,29,30). The number of carbonyl (C=O) groups is 2. The van der Waals surface area contributed by atoms with Crippen molar-refractivity contribution < 1.29 is 19.4 Å². The molecule has 0 unspecified atom stereocenters. The monoisotopic (exact) mass is 443 g/mol. The average molecular weight is 444 g/mol. The number of carboxylic acids is 1. The Morgan fingerprint density at radius 3 is 2.47 bits per heavy atom. The van der Waals surface area contributed by atoms with E-state index in [1.54, 1.807) is 29.5 Å². The van der Waals surface area contributed by atoms with Crippen LogP contribution in [0.5, 0.6) is 5.75 Å². The van der Waals surface area contributed by atoms with E-state index in [-0.39, 0.29) is 18.1 Å². The Kier molecular flexibility index (Phi) is 6.63. The summed E-state index contributed by atoms with van der Waals surface area (Å²) in [7, 11) is 0. The first-order valence-electron chi connectivity index (χ1n) is 10.1. The van der Waals surface area contributed by atoms with Gasteiger partial charge in [-0.05, 0) is 46.7 Å². The summed E-state index contributed by atoms with van der Waals surface area (Å²) < 4.78 is 6.05. The van der Waals surface area contributed by atoms with Crippen molar-refractivity contribution in [3.8, 4) is 5.75 Å². The van der Waals surface area contributed by atoms with E-state index in [9.17, 15) is 9.59 Å². The predicted octanol–water partition coefficient (Wildman–Crippen LogP) is 5.38. The molecular weight excluding hydrogens is 422 g/mol. The molecular formula is C26H21NO4S. The number of fused-ring (bicyclic) bond motifs is 1. The fraction of sp³-hybridized carbons (Fsp3) is 0.0769. The Morgan fingerprint density at radius 2 is 1.72 bits per heavy atom. The highest BCUT2D eigenvalue weighted by Crippen LogP contribution is 2.25. The molecule has 1 heterocycles. The van der Waals surface area contributed by atoms with Crippen LogP contribution < -0.4 is 10.1 Å². The van der Waals surface area contributed by atoms with Crippen LogP contribution in [0.1, 0.15) is 20.8 Å². The molecule has 6 heteroatoms. The van der Waals surface area contributed by atoms with Crippen molar-refractivity contribution in [3.05, 3.63) is 106 Å². The molecule has 1 amide bonds. The third-order valence-corrected chi connectivity index (χ3v) is 5.80. The molecule has 0 bridgehead atoms. The lowest BCUT2D eigenvalue weighted by molar-refractivity contribution is -0.117. The highest BCUT2D eigenvalue weighted by molar-refractivity contribution is 7.09. The van der Waals surface area contributed by atoms with Crippen molar-refractivity contribution in [2.75, 3.05) is 6.61 Å². The zero-order chi connectivity index (χ0) is 22.3. The summed E-state index contributed by atoms with van der Waals surface area (Å²) in [5.74, 6) is -0.532. The van der Waals surface area contributed by atoms with E-state index in [1.165, 1.54) is 12.1 Å². The molecule has 3 aromatic carbocycles. The summed E-state index contributed by atoms with van der Waals surface area (Å²) in [4.78, 5) is 25.1. The fourth-order valence-electron chi connectivity index (χ4n) is 3.27. The summed E-state index contributed by atoms with van der Waals surface area (Å²) in [6.45, 7) is 0.505. The molecule has 4 rings (SSSR count). The maximum atomic E-state index is 13.0. The molecule has 4 aromatic rings. The molecule has 0 aliphatic rings. The third kappa shape index (κ3) is 5.22. The average Bonchev–Trinajstić information content (AvgIpc) is 3.34. The molecule has 160 valence electrons. The van der Waals surface area contributed by atoms with E-state index in [0.717, 1.165) is 21.2 Å². The Balaban J connectivity index is 1.57. The number of carboxylic acid groups (broad SMARTS) is 1. The quantitative estimate of drug-likeness (QED) is 0.359. The lowest BCUT2D eigenvalue weighted by Gasteiger charge is -2.13. The topological polar surface area (TPSA) is 75.6 Å². The molecule has 0 fully saturated rings. The number of hydrogen-bond donors (Lipinski definition) is 2. The largest absolute Gasteiger partial charge is 0.488 e. The SMILES string of the molecule is O=C(NCc1cccs1)C(=Cc1ccc(C(=O)O)cc1)COc1cccc2ccccc12. The van der Waals surface area contributed by atoms with Gasteiger partial charge in [-0.3, -0.25) is 4.79 Å². The van der Waals surface area contributed by atoms with E-state index in [4.69, 9.17) is 9.84 Å². The maximum absolute atomic E-state index is 13.0. The smallest absolute Gasteiger partial charge is 0.335 e. The summed E-state index contributed by atoms with van der Waals surface area (Å²) in [6, 6.07) is 24.0. The second-order valence-corrected chi connectivity index (χ2v) is 8.16. The molecule has 0 atom stereocenters. The number of thiophene rings is 1. The molecule has 32 heavy (non-hydrogen) atoms. The Hall–Kier alpha value is -3.90. The van der Waals surface area contributed by atoms with Crippen molar-refractivity contribution in [1.82, 2.24) is 5.32 Å². The van der Waals surface area contributed by atoms with Gasteiger partial charge < -0.3 is 15.2 Å². The van der Waals surface area contributed by atoms with Gasteiger partial charge in [0.15, 0.2) is 0 Å². The number of amides is 1. The number of aromatic carboxylic acids is 1. The normalized spacial score (nSPS) is 11.3. The van der Waals surface area contributed by atoms with Gasteiger partial charge in [0.25, 0.3) is 5.91 Å². The summed E-state index contributed by atoms with van der Waals surface area (Å²) >= 11 is 1.58. The van der Waals surface area contributed by atoms with E-state index < -0.39 is 5.97 Å². The minimum absolute atomic E-state index is 0.0744. The number of hydrogen-bond acceptors (Lipinski definition) is 4. The van der Waals surface area contributed by atoms with Crippen molar-refractivity contribution in [2.45, 2.75) is 6.54 Å². The zero-order valence-corrected chi connectivity index (χ0v) is 18.0. The van der Waals surface area contributed by atoms with Crippen LogP contribution in [-0.2, 0) is 11.3 Å². The van der Waals surface area contributed by atoms with E-state index >= 15 is 0 Å². The van der Waals surface area contributed by atoms with Crippen LogP contribution in [0, 0.1) is 0 Å². The highest BCUT2D eigenvalue weighted by atomic mass is 32.1. The molecule has 0 saturated heterocycles. The maximum Gasteiger partial charge on any atom is 0.335 e. The number of carbonyl (C=O) groups excluding carboxylic acids is 1. The molecule has 1 aromatic heterocycles. The molecule has 0 radical (unpaired) electrons. The van der Waals surface area contributed by atoms with Crippen LogP contribution in [0.3, 0.4) is 0 Å². The molecule has 0 aliphatic heterocycles. The van der Waals surface area contributed by atoms with Crippen LogP contribution in [0.25, 0.3) is 16.8 Å². The third-order valence-electron chi connectivity index (χ3n) is 4.93. The van der Waals surface area contributed by atoms with Crippen molar-refractivity contribution in [1.29, 1.82) is 0 Å². The van der Waals surface area contributed by atoms with Crippen LogP contribution >= 0.6 is 11.3 Å². The van der Waals surface area contributed by atoms with E-state index in [2.05, 4.69) is 5.32 Å². The Labute approximate surface area is 189 Å². The van der Waals surface area contributed by atoms with Crippen LogP contribution in [0.2, 0.25) is 0 Å². The second kappa shape index (κ2) is 9.94. The lowest BCUT2D eigenvalue weighted by atomic mass is 10.1. The fourth-order valence-corrected chi connectivity index (χ4v) is 3.91. The Bertz CT molecular complexity index is 1260. The summed E-state index contributed by atoms with van der Waals surface area (Å²) in [5.41, 5.74) is 1.35. The van der Waals surface area contributed by atoms with Crippen molar-refractivity contribution >= 4 is 40.1 Å². The summed E-state index contributed by atoms with van der Waals surface area (Å²) in [6.07, 6.45) is 1.72. The van der Waals surface area contributed by atoms with Crippen LogP contribution in [0.4, 0.5) is 0 Å². The minimum Gasteiger partial charge on any atom is -0.488 e. The van der Waals surface area contributed by atoms with Crippen LogP contribution in [-0.4, -0.2) is 23.6 Å². The first-order valence-corrected chi connectivity index (χ1v) is 10.9. The second-order valence-electron chi connectivity index (χ2n) is 7.12. The zero-order valence-electron chi connectivity index (χ0n) is 17.2. The molecule has 0 saturated carbocycles. The van der Waals surface area contributed by atoms with Gasteiger partial charge in [0.1, 0.15) is 12.4 Å².